The molecule has 0 fully saturated rings. The number of rotatable bonds is 2. The molecule has 0 bridgehead atoms. The van der Waals surface area contributed by atoms with Crippen LogP contribution in [0.2, 0.25) is 0 Å². The summed E-state index contributed by atoms with van der Waals surface area (Å²) in [5.41, 5.74) is 5.98. The Labute approximate surface area is 243 Å². The summed E-state index contributed by atoms with van der Waals surface area (Å²) in [5, 5.41) is 13.9. The van der Waals surface area contributed by atoms with Gasteiger partial charge in [-0.25, -0.2) is 0 Å². The molecule has 42 heavy (non-hydrogen) atoms. The van der Waals surface area contributed by atoms with Crippen LogP contribution in [0.4, 0.5) is 0 Å². The lowest BCUT2D eigenvalue weighted by atomic mass is 9.88. The molecule has 0 spiro atoms. The van der Waals surface area contributed by atoms with Crippen LogP contribution in [0.3, 0.4) is 0 Å². The molecule has 0 saturated heterocycles. The number of hydrogen-bond acceptors (Lipinski definition) is 1. The fourth-order valence-corrected chi connectivity index (χ4v) is 6.99. The summed E-state index contributed by atoms with van der Waals surface area (Å²) in [6.07, 6.45) is 1.90. The smallest absolute Gasteiger partial charge is 0.0786 e. The van der Waals surface area contributed by atoms with Gasteiger partial charge in [-0.05, 0) is 88.9 Å². The summed E-state index contributed by atoms with van der Waals surface area (Å²) in [7, 11) is 0. The van der Waals surface area contributed by atoms with Crippen molar-refractivity contribution in [2.75, 3.05) is 0 Å². The first-order valence-electron chi connectivity index (χ1n) is 14.5. The van der Waals surface area contributed by atoms with Gasteiger partial charge >= 0.3 is 0 Å². The van der Waals surface area contributed by atoms with Gasteiger partial charge in [0.15, 0.2) is 0 Å². The maximum atomic E-state index is 4.82. The van der Waals surface area contributed by atoms with E-state index in [2.05, 4.69) is 140 Å². The number of benzene rings is 8. The molecule has 1 nitrogen and oxygen atoms in total. The number of fused-ring (bicyclic) bond motifs is 10. The van der Waals surface area contributed by atoms with Crippen molar-refractivity contribution in [3.05, 3.63) is 152 Å². The molecule has 1 aromatic heterocycles. The van der Waals surface area contributed by atoms with Gasteiger partial charge < -0.3 is 0 Å². The highest BCUT2D eigenvalue weighted by Gasteiger charge is 2.15. The molecule has 8 aromatic carbocycles. The fourth-order valence-electron chi connectivity index (χ4n) is 6.99. The largest absolute Gasteiger partial charge is 0.256 e. The van der Waals surface area contributed by atoms with E-state index in [0.29, 0.717) is 0 Å². The van der Waals surface area contributed by atoms with Crippen LogP contribution < -0.4 is 0 Å². The van der Waals surface area contributed by atoms with E-state index in [1.54, 1.807) is 0 Å². The third-order valence-electron chi connectivity index (χ3n) is 8.88. The quantitative estimate of drug-likeness (QED) is 0.202. The van der Waals surface area contributed by atoms with Crippen LogP contribution in [0.1, 0.15) is 0 Å². The normalized spacial score (nSPS) is 11.8. The summed E-state index contributed by atoms with van der Waals surface area (Å²) in [6.45, 7) is 0. The molecule has 194 valence electrons. The molecule has 0 aliphatic rings. The van der Waals surface area contributed by atoms with Crippen LogP contribution in [-0.2, 0) is 0 Å². The second-order valence-corrected chi connectivity index (χ2v) is 11.1. The minimum atomic E-state index is 1.05. The zero-order valence-corrected chi connectivity index (χ0v) is 22.9. The summed E-state index contributed by atoms with van der Waals surface area (Å²) in [4.78, 5) is 4.82. The minimum absolute atomic E-state index is 1.05. The molecule has 1 heterocycles. The van der Waals surface area contributed by atoms with Crippen LogP contribution in [0.25, 0.3) is 87.0 Å². The van der Waals surface area contributed by atoms with Gasteiger partial charge in [-0.15, -0.1) is 0 Å². The van der Waals surface area contributed by atoms with Crippen molar-refractivity contribution in [2.45, 2.75) is 0 Å². The van der Waals surface area contributed by atoms with Crippen LogP contribution >= 0.6 is 0 Å². The van der Waals surface area contributed by atoms with E-state index >= 15 is 0 Å². The highest BCUT2D eigenvalue weighted by Crippen LogP contribution is 2.42. The molecule has 0 N–H and O–H groups in total. The first kappa shape index (κ1) is 23.2. The molecule has 0 atom stereocenters. The Bertz CT molecular complexity index is 2490. The maximum absolute atomic E-state index is 4.82. The standard InChI is InChI=1S/C41H25N/c1-2-11-29-26(10-1)24-40(38-18-9-23-42-41(29)38)37-22-21-28(30-12-3-4-13-31(30)37)27-19-20-36-34-16-6-5-14-32(34)33-15-7-8-17-35(33)39(36)25-27/h1-25H. The van der Waals surface area contributed by atoms with Crippen molar-refractivity contribution in [3.63, 3.8) is 0 Å². The molecule has 1 heteroatoms. The van der Waals surface area contributed by atoms with E-state index < -0.39 is 0 Å². The number of pyridine rings is 1. The van der Waals surface area contributed by atoms with Crippen LogP contribution in [0.5, 0.6) is 0 Å². The van der Waals surface area contributed by atoms with Crippen molar-refractivity contribution in [1.29, 1.82) is 0 Å². The molecule has 0 aliphatic carbocycles. The topological polar surface area (TPSA) is 12.9 Å². The van der Waals surface area contributed by atoms with Gasteiger partial charge in [0.05, 0.1) is 5.52 Å². The summed E-state index contributed by atoms with van der Waals surface area (Å²) >= 11 is 0. The van der Waals surface area contributed by atoms with Crippen molar-refractivity contribution in [2.24, 2.45) is 0 Å². The fraction of sp³-hybridized carbons (Fsp3) is 0. The molecular weight excluding hydrogens is 506 g/mol. The van der Waals surface area contributed by atoms with Gasteiger partial charge in [0, 0.05) is 17.0 Å². The first-order valence-corrected chi connectivity index (χ1v) is 14.5. The number of aromatic nitrogens is 1. The van der Waals surface area contributed by atoms with Crippen LogP contribution in [0, 0.1) is 0 Å². The zero-order valence-electron chi connectivity index (χ0n) is 22.9. The third kappa shape index (κ3) is 3.34. The molecule has 0 amide bonds. The Morgan fingerprint density at radius 2 is 0.833 bits per heavy atom. The summed E-state index contributed by atoms with van der Waals surface area (Å²) in [6, 6.07) is 53.1. The Kier molecular flexibility index (Phi) is 4.97. The van der Waals surface area contributed by atoms with E-state index in [4.69, 9.17) is 4.98 Å². The molecule has 0 unspecified atom stereocenters. The van der Waals surface area contributed by atoms with Gasteiger partial charge in [0.25, 0.3) is 0 Å². The van der Waals surface area contributed by atoms with E-state index in [1.165, 1.54) is 81.5 Å². The van der Waals surface area contributed by atoms with Crippen molar-refractivity contribution in [1.82, 2.24) is 4.98 Å². The van der Waals surface area contributed by atoms with Crippen LogP contribution in [-0.4, -0.2) is 4.98 Å². The lowest BCUT2D eigenvalue weighted by Gasteiger charge is -2.16. The Morgan fingerprint density at radius 1 is 0.310 bits per heavy atom. The predicted molar refractivity (Wildman–Crippen MR) is 180 cm³/mol. The third-order valence-corrected chi connectivity index (χ3v) is 8.88. The monoisotopic (exact) mass is 531 g/mol. The second-order valence-electron chi connectivity index (χ2n) is 11.1. The van der Waals surface area contributed by atoms with Gasteiger partial charge in [-0.1, -0.05) is 127 Å². The molecular formula is C41H25N. The average Bonchev–Trinajstić information content (AvgIpc) is 3.07. The number of hydrogen-bond donors (Lipinski definition) is 0. The van der Waals surface area contributed by atoms with Gasteiger partial charge in [0.2, 0.25) is 0 Å². The first-order chi connectivity index (χ1) is 20.8. The van der Waals surface area contributed by atoms with Gasteiger partial charge in [-0.2, -0.15) is 0 Å². The molecule has 9 rings (SSSR count). The molecule has 0 radical (unpaired) electrons. The number of nitrogens with zero attached hydrogens (tertiary/aromatic N) is 1. The summed E-state index contributed by atoms with van der Waals surface area (Å²) < 4.78 is 0. The van der Waals surface area contributed by atoms with Crippen molar-refractivity contribution in [3.8, 4) is 22.3 Å². The molecule has 0 saturated carbocycles. The molecule has 0 aliphatic heterocycles. The summed E-state index contributed by atoms with van der Waals surface area (Å²) in [5.74, 6) is 0. The lowest BCUT2D eigenvalue weighted by molar-refractivity contribution is 1.43. The Morgan fingerprint density at radius 3 is 1.55 bits per heavy atom. The highest BCUT2D eigenvalue weighted by atomic mass is 14.6. The maximum Gasteiger partial charge on any atom is 0.0786 e. The zero-order chi connectivity index (χ0) is 27.6. The lowest BCUT2D eigenvalue weighted by Crippen LogP contribution is -1.90. The minimum Gasteiger partial charge on any atom is -0.256 e. The molecule has 9 aromatic rings. The average molecular weight is 532 g/mol. The SMILES string of the molecule is c1ccc2c(c1)cc(-c1ccc(-c3ccc4c5ccccc5c5ccccc5c4c3)c3ccccc13)c1cccnc12. The van der Waals surface area contributed by atoms with E-state index in [9.17, 15) is 0 Å². The highest BCUT2D eigenvalue weighted by molar-refractivity contribution is 6.26. The van der Waals surface area contributed by atoms with Crippen LogP contribution in [0.15, 0.2) is 152 Å². The Balaban J connectivity index is 1.32. The van der Waals surface area contributed by atoms with E-state index in [-0.39, 0.29) is 0 Å². The van der Waals surface area contributed by atoms with Crippen molar-refractivity contribution >= 4 is 64.8 Å². The van der Waals surface area contributed by atoms with E-state index in [1.807, 2.05) is 12.3 Å². The Hall–Kier alpha value is -5.53. The second kappa shape index (κ2) is 8.99. The van der Waals surface area contributed by atoms with E-state index in [0.717, 1.165) is 5.52 Å². The van der Waals surface area contributed by atoms with Gasteiger partial charge in [0.1, 0.15) is 0 Å². The predicted octanol–water partition coefficient (Wildman–Crippen LogP) is 11.3. The van der Waals surface area contributed by atoms with Crippen molar-refractivity contribution < 1.29 is 0 Å². The van der Waals surface area contributed by atoms with Gasteiger partial charge in [-0.3, -0.25) is 4.98 Å².